The maximum absolute atomic E-state index is 13.1. The van der Waals surface area contributed by atoms with Crippen molar-refractivity contribution in [1.82, 2.24) is 0 Å². The number of carbonyl (C=O) groups is 1. The average molecular weight is 400 g/mol. The number of benzene rings is 2. The molecule has 0 spiro atoms. The standard InChI is InChI=1S/C21H18ClNOS2/c1-12-4-5-13(2)17(8-12)23(3)21(24)19-9-14-11-25-18-10-15(22)6-7-16(18)20(14)26-19/h4-10H,11H2,1-3H3. The second-order valence-corrected chi connectivity index (χ2v) is 9.05. The number of hydrogen-bond donors (Lipinski definition) is 0. The maximum atomic E-state index is 13.1. The Labute approximate surface area is 166 Å². The molecule has 0 fully saturated rings. The van der Waals surface area contributed by atoms with Gasteiger partial charge in [-0.2, -0.15) is 0 Å². The first-order valence-electron chi connectivity index (χ1n) is 8.35. The van der Waals surface area contributed by atoms with Gasteiger partial charge in [-0.25, -0.2) is 0 Å². The van der Waals surface area contributed by atoms with Crippen molar-refractivity contribution in [1.29, 1.82) is 0 Å². The molecule has 1 aromatic heterocycles. The summed E-state index contributed by atoms with van der Waals surface area (Å²) in [6.07, 6.45) is 0. The molecule has 2 nitrogen and oxygen atoms in total. The lowest BCUT2D eigenvalue weighted by molar-refractivity contribution is 0.0996. The number of fused-ring (bicyclic) bond motifs is 3. The summed E-state index contributed by atoms with van der Waals surface area (Å²) in [7, 11) is 1.85. The number of halogens is 1. The Bertz CT molecular complexity index is 1020. The molecule has 26 heavy (non-hydrogen) atoms. The van der Waals surface area contributed by atoms with Crippen LogP contribution >= 0.6 is 34.7 Å². The van der Waals surface area contributed by atoms with Gasteiger partial charge in [0.25, 0.3) is 5.91 Å². The van der Waals surface area contributed by atoms with Crippen molar-refractivity contribution in [3.8, 4) is 10.4 Å². The van der Waals surface area contributed by atoms with Gasteiger partial charge >= 0.3 is 0 Å². The van der Waals surface area contributed by atoms with Gasteiger partial charge in [-0.1, -0.05) is 29.8 Å². The topological polar surface area (TPSA) is 20.3 Å². The van der Waals surface area contributed by atoms with E-state index in [4.69, 9.17) is 11.6 Å². The average Bonchev–Trinajstić information content (AvgIpc) is 3.06. The summed E-state index contributed by atoms with van der Waals surface area (Å²) < 4.78 is 0. The van der Waals surface area contributed by atoms with Crippen molar-refractivity contribution in [2.24, 2.45) is 0 Å². The first-order valence-corrected chi connectivity index (χ1v) is 10.5. The third-order valence-corrected chi connectivity index (χ3v) is 7.16. The van der Waals surface area contributed by atoms with Crippen LogP contribution in [0.1, 0.15) is 26.4 Å². The molecule has 4 rings (SSSR count). The van der Waals surface area contributed by atoms with Crippen LogP contribution in [0.4, 0.5) is 5.69 Å². The van der Waals surface area contributed by atoms with Gasteiger partial charge in [-0.05, 0) is 54.8 Å². The van der Waals surface area contributed by atoms with Crippen LogP contribution in [0.2, 0.25) is 5.02 Å². The first-order chi connectivity index (χ1) is 12.4. The molecule has 0 saturated heterocycles. The van der Waals surface area contributed by atoms with Gasteiger partial charge in [0.1, 0.15) is 0 Å². The molecule has 2 heterocycles. The summed E-state index contributed by atoms with van der Waals surface area (Å²) in [6.45, 7) is 4.08. The van der Waals surface area contributed by atoms with Gasteiger partial charge in [0, 0.05) is 38.8 Å². The van der Waals surface area contributed by atoms with Gasteiger partial charge < -0.3 is 4.90 Å². The highest BCUT2D eigenvalue weighted by atomic mass is 35.5. The Hall–Kier alpha value is -1.75. The molecule has 0 atom stereocenters. The van der Waals surface area contributed by atoms with Gasteiger partial charge in [0.05, 0.1) is 4.88 Å². The fourth-order valence-corrected chi connectivity index (χ4v) is 5.85. The van der Waals surface area contributed by atoms with Crippen LogP contribution in [-0.2, 0) is 5.75 Å². The summed E-state index contributed by atoms with van der Waals surface area (Å²) in [5.41, 5.74) is 5.62. The van der Waals surface area contributed by atoms with E-state index < -0.39 is 0 Å². The van der Waals surface area contributed by atoms with Crippen LogP contribution < -0.4 is 4.90 Å². The number of anilines is 1. The normalized spacial score (nSPS) is 12.5. The van der Waals surface area contributed by atoms with E-state index in [1.807, 2.05) is 33.0 Å². The SMILES string of the molecule is Cc1ccc(C)c(N(C)C(=O)c2cc3c(s2)-c2ccc(Cl)cc2SC3)c1. The third-order valence-electron chi connectivity index (χ3n) is 4.62. The van der Waals surface area contributed by atoms with Crippen molar-refractivity contribution >= 4 is 46.3 Å². The number of aryl methyl sites for hydroxylation is 2. The molecule has 0 radical (unpaired) electrons. The molecular formula is C21H18ClNOS2. The molecule has 0 aliphatic carbocycles. The Morgan fingerprint density at radius 3 is 2.73 bits per heavy atom. The second-order valence-electron chi connectivity index (χ2n) is 6.55. The molecule has 3 aromatic rings. The zero-order chi connectivity index (χ0) is 18.4. The Morgan fingerprint density at radius 1 is 1.12 bits per heavy atom. The number of amides is 1. The molecule has 5 heteroatoms. The summed E-state index contributed by atoms with van der Waals surface area (Å²) in [5, 5.41) is 0.752. The van der Waals surface area contributed by atoms with E-state index in [9.17, 15) is 4.79 Å². The van der Waals surface area contributed by atoms with Gasteiger partial charge in [-0.15, -0.1) is 23.1 Å². The third kappa shape index (κ3) is 3.07. The smallest absolute Gasteiger partial charge is 0.268 e. The van der Waals surface area contributed by atoms with Gasteiger partial charge in [0.15, 0.2) is 0 Å². The minimum Gasteiger partial charge on any atom is -0.310 e. The van der Waals surface area contributed by atoms with Crippen LogP contribution in [0.25, 0.3) is 10.4 Å². The lowest BCUT2D eigenvalue weighted by atomic mass is 10.1. The molecule has 1 aliphatic rings. The predicted octanol–water partition coefficient (Wildman–Crippen LogP) is 6.57. The van der Waals surface area contributed by atoms with Crippen molar-refractivity contribution in [2.75, 3.05) is 11.9 Å². The largest absolute Gasteiger partial charge is 0.310 e. The van der Waals surface area contributed by atoms with E-state index in [1.54, 1.807) is 28.0 Å². The Kier molecular flexibility index (Phi) is 4.59. The van der Waals surface area contributed by atoms with E-state index in [0.29, 0.717) is 0 Å². The minimum absolute atomic E-state index is 0.0404. The quantitative estimate of drug-likeness (QED) is 0.485. The fraction of sp³-hybridized carbons (Fsp3) is 0.190. The van der Waals surface area contributed by atoms with Gasteiger partial charge in [-0.3, -0.25) is 4.79 Å². The maximum Gasteiger partial charge on any atom is 0.268 e. The van der Waals surface area contributed by atoms with Crippen molar-refractivity contribution in [3.05, 3.63) is 69.1 Å². The van der Waals surface area contributed by atoms with E-state index in [1.165, 1.54) is 20.9 Å². The lowest BCUT2D eigenvalue weighted by Gasteiger charge is -2.19. The van der Waals surface area contributed by atoms with E-state index in [2.05, 4.69) is 30.3 Å². The van der Waals surface area contributed by atoms with Crippen LogP contribution in [-0.4, -0.2) is 13.0 Å². The monoisotopic (exact) mass is 399 g/mol. The predicted molar refractivity (Wildman–Crippen MR) is 113 cm³/mol. The molecule has 0 bridgehead atoms. The molecule has 0 N–H and O–H groups in total. The Morgan fingerprint density at radius 2 is 1.92 bits per heavy atom. The number of thioether (sulfide) groups is 1. The summed E-state index contributed by atoms with van der Waals surface area (Å²) >= 11 is 9.48. The van der Waals surface area contributed by atoms with Crippen LogP contribution in [0.15, 0.2) is 47.4 Å². The van der Waals surface area contributed by atoms with E-state index in [0.717, 1.165) is 32.5 Å². The Balaban J connectivity index is 1.71. The lowest BCUT2D eigenvalue weighted by Crippen LogP contribution is -2.26. The number of carbonyl (C=O) groups excluding carboxylic acids is 1. The summed E-state index contributed by atoms with van der Waals surface area (Å²) in [6, 6.07) is 14.2. The molecule has 2 aromatic carbocycles. The van der Waals surface area contributed by atoms with Crippen LogP contribution in [0, 0.1) is 13.8 Å². The van der Waals surface area contributed by atoms with Gasteiger partial charge in [0.2, 0.25) is 0 Å². The highest BCUT2D eigenvalue weighted by Gasteiger charge is 2.24. The molecular weight excluding hydrogens is 382 g/mol. The van der Waals surface area contributed by atoms with E-state index in [-0.39, 0.29) is 5.91 Å². The van der Waals surface area contributed by atoms with Crippen molar-refractivity contribution in [2.45, 2.75) is 24.5 Å². The minimum atomic E-state index is 0.0404. The number of thiophene rings is 1. The number of nitrogens with zero attached hydrogens (tertiary/aromatic N) is 1. The van der Waals surface area contributed by atoms with Crippen LogP contribution in [0.5, 0.6) is 0 Å². The van der Waals surface area contributed by atoms with Crippen molar-refractivity contribution in [3.63, 3.8) is 0 Å². The van der Waals surface area contributed by atoms with Crippen molar-refractivity contribution < 1.29 is 4.79 Å². The number of rotatable bonds is 2. The molecule has 132 valence electrons. The highest BCUT2D eigenvalue weighted by Crippen LogP contribution is 2.46. The molecule has 1 amide bonds. The number of hydrogen-bond acceptors (Lipinski definition) is 3. The zero-order valence-corrected chi connectivity index (χ0v) is 17.2. The highest BCUT2D eigenvalue weighted by molar-refractivity contribution is 7.98. The fourth-order valence-electron chi connectivity index (χ4n) is 3.18. The summed E-state index contributed by atoms with van der Waals surface area (Å²) in [5.74, 6) is 0.915. The zero-order valence-electron chi connectivity index (χ0n) is 14.8. The molecule has 0 saturated carbocycles. The van der Waals surface area contributed by atoms with Crippen LogP contribution in [0.3, 0.4) is 0 Å². The first kappa shape index (κ1) is 17.7. The molecule has 1 aliphatic heterocycles. The summed E-state index contributed by atoms with van der Waals surface area (Å²) in [4.78, 5) is 18.0. The second kappa shape index (κ2) is 6.76. The van der Waals surface area contributed by atoms with E-state index >= 15 is 0 Å². The molecule has 0 unspecified atom stereocenters.